The Morgan fingerprint density at radius 2 is 2.00 bits per heavy atom. The number of hydrogen-bond acceptors (Lipinski definition) is 4. The van der Waals surface area contributed by atoms with Crippen LogP contribution in [-0.2, 0) is 17.8 Å². The van der Waals surface area contributed by atoms with Gasteiger partial charge in [-0.25, -0.2) is 0 Å². The maximum Gasteiger partial charge on any atom is 0.191 e. The molecule has 1 saturated heterocycles. The minimum atomic E-state index is 0. The van der Waals surface area contributed by atoms with E-state index >= 15 is 0 Å². The summed E-state index contributed by atoms with van der Waals surface area (Å²) in [6.07, 6.45) is 4.23. The lowest BCUT2D eigenvalue weighted by Gasteiger charge is -2.17. The number of rotatable bonds is 7. The van der Waals surface area contributed by atoms with Gasteiger partial charge < -0.3 is 20.1 Å². The second-order valence-electron chi connectivity index (χ2n) is 7.82. The fourth-order valence-corrected chi connectivity index (χ4v) is 3.79. The van der Waals surface area contributed by atoms with Crippen LogP contribution in [0.5, 0.6) is 5.75 Å². The molecule has 1 unspecified atom stereocenters. The van der Waals surface area contributed by atoms with E-state index in [0.717, 1.165) is 47.8 Å². The zero-order valence-corrected chi connectivity index (χ0v) is 21.0. The van der Waals surface area contributed by atoms with Gasteiger partial charge in [0.25, 0.3) is 0 Å². The van der Waals surface area contributed by atoms with Crippen LogP contribution in [0, 0.1) is 6.92 Å². The summed E-state index contributed by atoms with van der Waals surface area (Å²) in [7, 11) is 1.77. The third-order valence-corrected chi connectivity index (χ3v) is 5.52. The van der Waals surface area contributed by atoms with Crippen LogP contribution in [0.1, 0.15) is 29.7 Å². The van der Waals surface area contributed by atoms with Crippen LogP contribution < -0.4 is 15.4 Å². The predicted molar refractivity (Wildman–Crippen MR) is 140 cm³/mol. The lowest BCUT2D eigenvalue weighted by atomic mass is 10.1. The molecule has 6 nitrogen and oxygen atoms in total. The van der Waals surface area contributed by atoms with E-state index < -0.39 is 0 Å². The molecule has 4 rings (SSSR count). The number of pyridine rings is 1. The second kappa shape index (κ2) is 12.0. The van der Waals surface area contributed by atoms with Crippen LogP contribution in [0.4, 0.5) is 0 Å². The van der Waals surface area contributed by atoms with E-state index in [1.165, 1.54) is 10.9 Å². The maximum atomic E-state index is 6.11. The molecule has 1 fully saturated rings. The van der Waals surface area contributed by atoms with Gasteiger partial charge >= 0.3 is 0 Å². The van der Waals surface area contributed by atoms with Crippen LogP contribution in [0.15, 0.2) is 59.7 Å². The highest BCUT2D eigenvalue weighted by molar-refractivity contribution is 14.0. The fraction of sp³-hybridized carbons (Fsp3) is 0.360. The molecular weight excluding hydrogens is 515 g/mol. The Hall–Kier alpha value is -2.39. The van der Waals surface area contributed by atoms with E-state index in [2.05, 4.69) is 57.9 Å². The minimum Gasteiger partial charge on any atom is -0.491 e. The first kappa shape index (κ1) is 24.3. The van der Waals surface area contributed by atoms with Gasteiger partial charge in [-0.1, -0.05) is 36.4 Å². The standard InChI is InChI=1S/C25H30N4O2.HI/c1-18-9-10-20(24(14-18)31-17-21-7-5-13-30-21)15-28-25(26-2)29-16-23-22-8-4-3-6-19(22)11-12-27-23;/h3-4,6,8-12,14,21H,5,7,13,15-17H2,1-2H3,(H2,26,28,29);1H. The van der Waals surface area contributed by atoms with Gasteiger partial charge in [-0.15, -0.1) is 24.0 Å². The number of fused-ring (bicyclic) bond motifs is 1. The zero-order valence-electron chi connectivity index (χ0n) is 18.6. The zero-order chi connectivity index (χ0) is 21.5. The van der Waals surface area contributed by atoms with E-state index in [1.807, 2.05) is 24.4 Å². The number of aliphatic imine (C=N–C) groups is 1. The topological polar surface area (TPSA) is 67.8 Å². The number of aryl methyl sites for hydroxylation is 1. The first-order valence-electron chi connectivity index (χ1n) is 10.8. The summed E-state index contributed by atoms with van der Waals surface area (Å²) < 4.78 is 11.8. The molecule has 1 atom stereocenters. The third kappa shape index (κ3) is 6.32. The smallest absolute Gasteiger partial charge is 0.191 e. The number of nitrogens with one attached hydrogen (secondary N) is 2. The van der Waals surface area contributed by atoms with Gasteiger partial charge in [0.1, 0.15) is 12.4 Å². The molecule has 1 aliphatic heterocycles. The first-order valence-corrected chi connectivity index (χ1v) is 10.8. The second-order valence-corrected chi connectivity index (χ2v) is 7.82. The van der Waals surface area contributed by atoms with Gasteiger partial charge in [-0.2, -0.15) is 0 Å². The van der Waals surface area contributed by atoms with Crippen molar-refractivity contribution in [1.29, 1.82) is 0 Å². The maximum absolute atomic E-state index is 6.11. The number of halogens is 1. The molecule has 0 spiro atoms. The van der Waals surface area contributed by atoms with Crippen molar-refractivity contribution in [1.82, 2.24) is 15.6 Å². The summed E-state index contributed by atoms with van der Waals surface area (Å²) >= 11 is 0. The Balaban J connectivity index is 0.00000289. The third-order valence-electron chi connectivity index (χ3n) is 5.52. The molecule has 2 aromatic carbocycles. The number of hydrogen-bond donors (Lipinski definition) is 2. The summed E-state index contributed by atoms with van der Waals surface area (Å²) in [5.74, 6) is 1.62. The van der Waals surface area contributed by atoms with Crippen molar-refractivity contribution in [3.63, 3.8) is 0 Å². The SMILES string of the molecule is CN=C(NCc1ccc(C)cc1OCC1CCCO1)NCc1nccc2ccccc12.I. The van der Waals surface area contributed by atoms with Crippen LogP contribution in [0.25, 0.3) is 10.8 Å². The normalized spacial score (nSPS) is 15.9. The van der Waals surface area contributed by atoms with Crippen molar-refractivity contribution < 1.29 is 9.47 Å². The van der Waals surface area contributed by atoms with Gasteiger partial charge in [0, 0.05) is 37.3 Å². The van der Waals surface area contributed by atoms with E-state index in [9.17, 15) is 0 Å². The van der Waals surface area contributed by atoms with Crippen LogP contribution in [0.2, 0.25) is 0 Å². The number of benzene rings is 2. The van der Waals surface area contributed by atoms with Gasteiger partial charge in [0.05, 0.1) is 18.3 Å². The molecule has 3 aromatic rings. The highest BCUT2D eigenvalue weighted by atomic mass is 127. The van der Waals surface area contributed by atoms with Crippen molar-refractivity contribution in [2.45, 2.75) is 39.0 Å². The van der Waals surface area contributed by atoms with E-state index in [4.69, 9.17) is 9.47 Å². The predicted octanol–water partition coefficient (Wildman–Crippen LogP) is 4.58. The molecule has 32 heavy (non-hydrogen) atoms. The molecule has 0 aliphatic carbocycles. The quantitative estimate of drug-likeness (QED) is 0.258. The molecule has 0 amide bonds. The number of guanidine groups is 1. The van der Waals surface area contributed by atoms with Crippen LogP contribution in [-0.4, -0.2) is 37.3 Å². The van der Waals surface area contributed by atoms with Gasteiger partial charge in [0.2, 0.25) is 0 Å². The van der Waals surface area contributed by atoms with E-state index in [-0.39, 0.29) is 30.1 Å². The first-order chi connectivity index (χ1) is 15.2. The fourth-order valence-electron chi connectivity index (χ4n) is 3.79. The molecule has 1 aromatic heterocycles. The number of ether oxygens (including phenoxy) is 2. The largest absolute Gasteiger partial charge is 0.491 e. The summed E-state index contributed by atoms with van der Waals surface area (Å²) in [6.45, 7) is 4.72. The van der Waals surface area contributed by atoms with Gasteiger partial charge in [0.15, 0.2) is 5.96 Å². The van der Waals surface area contributed by atoms with Crippen molar-refractivity contribution in [3.05, 3.63) is 71.5 Å². The Morgan fingerprint density at radius 3 is 2.81 bits per heavy atom. The minimum absolute atomic E-state index is 0. The van der Waals surface area contributed by atoms with Crippen molar-refractivity contribution in [3.8, 4) is 5.75 Å². The van der Waals surface area contributed by atoms with Crippen molar-refractivity contribution >= 4 is 40.7 Å². The van der Waals surface area contributed by atoms with Gasteiger partial charge in [-0.05, 0) is 42.8 Å². The summed E-state index contributed by atoms with van der Waals surface area (Å²) in [5, 5.41) is 9.10. The van der Waals surface area contributed by atoms with Crippen molar-refractivity contribution in [2.75, 3.05) is 20.3 Å². The highest BCUT2D eigenvalue weighted by Gasteiger charge is 2.17. The van der Waals surface area contributed by atoms with E-state index in [1.54, 1.807) is 7.05 Å². The molecule has 0 saturated carbocycles. The molecular formula is C25H31IN4O2. The summed E-state index contributed by atoms with van der Waals surface area (Å²) in [4.78, 5) is 8.90. The lowest BCUT2D eigenvalue weighted by molar-refractivity contribution is 0.0676. The lowest BCUT2D eigenvalue weighted by Crippen LogP contribution is -2.36. The molecule has 2 N–H and O–H groups in total. The Bertz CT molecular complexity index is 1050. The van der Waals surface area contributed by atoms with Gasteiger partial charge in [-0.3, -0.25) is 9.98 Å². The number of nitrogens with zero attached hydrogens (tertiary/aromatic N) is 2. The molecule has 1 aliphatic rings. The number of aromatic nitrogens is 1. The average molecular weight is 546 g/mol. The monoisotopic (exact) mass is 546 g/mol. The highest BCUT2D eigenvalue weighted by Crippen LogP contribution is 2.22. The molecule has 7 heteroatoms. The Kier molecular flexibility index (Phi) is 9.11. The summed E-state index contributed by atoms with van der Waals surface area (Å²) in [6, 6.07) is 16.6. The average Bonchev–Trinajstić information content (AvgIpc) is 3.32. The Labute approximate surface area is 206 Å². The summed E-state index contributed by atoms with van der Waals surface area (Å²) in [5.41, 5.74) is 3.27. The van der Waals surface area contributed by atoms with Crippen LogP contribution in [0.3, 0.4) is 0 Å². The van der Waals surface area contributed by atoms with E-state index in [0.29, 0.717) is 19.7 Å². The van der Waals surface area contributed by atoms with Crippen LogP contribution >= 0.6 is 24.0 Å². The van der Waals surface area contributed by atoms with Crippen molar-refractivity contribution in [2.24, 2.45) is 4.99 Å². The molecule has 0 radical (unpaired) electrons. The molecule has 170 valence electrons. The molecule has 0 bridgehead atoms. The molecule has 2 heterocycles. The Morgan fingerprint density at radius 1 is 1.16 bits per heavy atom.